The molecule has 0 aromatic heterocycles. The molecule has 5 nitrogen and oxygen atoms in total. The van der Waals surface area contributed by atoms with Crippen LogP contribution in [-0.2, 0) is 9.53 Å². The zero-order valence-electron chi connectivity index (χ0n) is 14.5. The highest BCUT2D eigenvalue weighted by Gasteiger charge is 2.15. The molecule has 3 rings (SSSR count). The van der Waals surface area contributed by atoms with Gasteiger partial charge in [-0.25, -0.2) is 4.39 Å². The molecule has 1 amide bonds. The minimum absolute atomic E-state index is 0.118. The van der Waals surface area contributed by atoms with Gasteiger partial charge in [0.2, 0.25) is 5.91 Å². The topological polar surface area (TPSA) is 50.8 Å². The molecule has 1 heterocycles. The van der Waals surface area contributed by atoms with E-state index in [0.717, 1.165) is 0 Å². The van der Waals surface area contributed by atoms with E-state index in [0.29, 0.717) is 53.5 Å². The summed E-state index contributed by atoms with van der Waals surface area (Å²) in [6, 6.07) is 9.56. The molecule has 0 bridgehead atoms. The molecule has 2 aromatic carbocycles. The molecule has 0 spiro atoms. The molecule has 2 aromatic rings. The van der Waals surface area contributed by atoms with E-state index in [1.807, 2.05) is 4.90 Å². The van der Waals surface area contributed by atoms with Gasteiger partial charge in [0.1, 0.15) is 11.6 Å². The van der Waals surface area contributed by atoms with Crippen molar-refractivity contribution in [1.82, 2.24) is 0 Å². The normalized spacial score (nSPS) is 14.1. The first-order chi connectivity index (χ1) is 13.0. The Bertz CT molecular complexity index is 814. The standard InChI is InChI=1S/C19H19Cl2FN2O3/c20-15-3-2-14(12-16(15)21)27-8-5-19(25)23-13-1-4-18(17(22)11-13)24-6-9-26-10-7-24/h1-4,11-12H,5-10H2,(H,23,25). The predicted octanol–water partition coefficient (Wildman–Crippen LogP) is 4.38. The number of halogens is 3. The Hall–Kier alpha value is -2.02. The summed E-state index contributed by atoms with van der Waals surface area (Å²) in [6.07, 6.45) is 0.118. The molecule has 1 aliphatic rings. The van der Waals surface area contributed by atoms with E-state index in [9.17, 15) is 9.18 Å². The van der Waals surface area contributed by atoms with Gasteiger partial charge in [-0.05, 0) is 30.3 Å². The monoisotopic (exact) mass is 412 g/mol. The van der Waals surface area contributed by atoms with Gasteiger partial charge < -0.3 is 19.7 Å². The summed E-state index contributed by atoms with van der Waals surface area (Å²) >= 11 is 11.7. The lowest BCUT2D eigenvalue weighted by molar-refractivity contribution is -0.116. The van der Waals surface area contributed by atoms with Crippen LogP contribution in [0.25, 0.3) is 0 Å². The molecule has 144 valence electrons. The highest BCUT2D eigenvalue weighted by molar-refractivity contribution is 6.42. The number of amides is 1. The highest BCUT2D eigenvalue weighted by Crippen LogP contribution is 2.26. The Labute approximate surface area is 167 Å². The SMILES string of the molecule is O=C(CCOc1ccc(Cl)c(Cl)c1)Nc1ccc(N2CCOCC2)c(F)c1. The van der Waals surface area contributed by atoms with Crippen LogP contribution < -0.4 is 15.0 Å². The van der Waals surface area contributed by atoms with Crippen LogP contribution in [0.5, 0.6) is 5.75 Å². The lowest BCUT2D eigenvalue weighted by atomic mass is 10.2. The second-order valence-corrected chi connectivity index (χ2v) is 6.80. The Morgan fingerprint density at radius 2 is 1.93 bits per heavy atom. The van der Waals surface area contributed by atoms with Gasteiger partial charge in [0.05, 0.1) is 42.0 Å². The fourth-order valence-corrected chi connectivity index (χ4v) is 2.99. The first-order valence-electron chi connectivity index (χ1n) is 8.53. The van der Waals surface area contributed by atoms with E-state index >= 15 is 0 Å². The number of benzene rings is 2. The summed E-state index contributed by atoms with van der Waals surface area (Å²) in [5, 5.41) is 3.49. The lowest BCUT2D eigenvalue weighted by Crippen LogP contribution is -2.36. The first-order valence-corrected chi connectivity index (χ1v) is 9.28. The maximum Gasteiger partial charge on any atom is 0.227 e. The van der Waals surface area contributed by atoms with Gasteiger partial charge in [-0.2, -0.15) is 0 Å². The van der Waals surface area contributed by atoms with E-state index in [1.165, 1.54) is 6.07 Å². The second-order valence-electron chi connectivity index (χ2n) is 5.99. The largest absolute Gasteiger partial charge is 0.493 e. The summed E-state index contributed by atoms with van der Waals surface area (Å²) in [5.74, 6) is -0.117. The Balaban J connectivity index is 1.50. The van der Waals surface area contributed by atoms with Crippen molar-refractivity contribution in [2.75, 3.05) is 43.1 Å². The Morgan fingerprint density at radius 1 is 1.15 bits per heavy atom. The van der Waals surface area contributed by atoms with Crippen molar-refractivity contribution >= 4 is 40.5 Å². The smallest absolute Gasteiger partial charge is 0.227 e. The third-order valence-corrected chi connectivity index (χ3v) is 4.81. The van der Waals surface area contributed by atoms with Crippen molar-refractivity contribution in [2.24, 2.45) is 0 Å². The molecule has 1 aliphatic heterocycles. The summed E-state index contributed by atoms with van der Waals surface area (Å²) in [6.45, 7) is 2.62. The number of morpholine rings is 1. The van der Waals surface area contributed by atoms with Crippen LogP contribution >= 0.6 is 23.2 Å². The van der Waals surface area contributed by atoms with Crippen LogP contribution in [0.3, 0.4) is 0 Å². The van der Waals surface area contributed by atoms with Crippen LogP contribution in [0.15, 0.2) is 36.4 Å². The van der Waals surface area contributed by atoms with Gasteiger partial charge in [-0.15, -0.1) is 0 Å². The van der Waals surface area contributed by atoms with Crippen molar-refractivity contribution < 1.29 is 18.7 Å². The van der Waals surface area contributed by atoms with E-state index in [1.54, 1.807) is 30.3 Å². The average molecular weight is 413 g/mol. The molecule has 0 radical (unpaired) electrons. The van der Waals surface area contributed by atoms with Gasteiger partial charge in [0.25, 0.3) is 0 Å². The first kappa shape index (κ1) is 19.7. The van der Waals surface area contributed by atoms with Crippen molar-refractivity contribution in [3.05, 3.63) is 52.3 Å². The molecular weight excluding hydrogens is 394 g/mol. The van der Waals surface area contributed by atoms with Gasteiger partial charge in [-0.3, -0.25) is 4.79 Å². The van der Waals surface area contributed by atoms with Gasteiger partial charge in [0, 0.05) is 24.8 Å². The summed E-state index contributed by atoms with van der Waals surface area (Å²) < 4.78 is 25.1. The fourth-order valence-electron chi connectivity index (χ4n) is 2.70. The maximum atomic E-state index is 14.3. The van der Waals surface area contributed by atoms with Crippen LogP contribution in [0.4, 0.5) is 15.8 Å². The maximum absolute atomic E-state index is 14.3. The molecule has 1 saturated heterocycles. The molecular formula is C19H19Cl2FN2O3. The van der Waals surface area contributed by atoms with Crippen molar-refractivity contribution in [2.45, 2.75) is 6.42 Å². The van der Waals surface area contributed by atoms with E-state index in [-0.39, 0.29) is 24.8 Å². The molecule has 1 N–H and O–H groups in total. The van der Waals surface area contributed by atoms with E-state index in [4.69, 9.17) is 32.7 Å². The Morgan fingerprint density at radius 3 is 2.63 bits per heavy atom. The number of carbonyl (C=O) groups is 1. The highest BCUT2D eigenvalue weighted by atomic mass is 35.5. The molecule has 27 heavy (non-hydrogen) atoms. The van der Waals surface area contributed by atoms with E-state index < -0.39 is 0 Å². The van der Waals surface area contributed by atoms with Crippen molar-refractivity contribution in [3.8, 4) is 5.75 Å². The van der Waals surface area contributed by atoms with Gasteiger partial charge in [0.15, 0.2) is 0 Å². The lowest BCUT2D eigenvalue weighted by Gasteiger charge is -2.29. The minimum Gasteiger partial charge on any atom is -0.493 e. The zero-order chi connectivity index (χ0) is 19.2. The zero-order valence-corrected chi connectivity index (χ0v) is 16.0. The average Bonchev–Trinajstić information content (AvgIpc) is 2.65. The third kappa shape index (κ3) is 5.48. The summed E-state index contributed by atoms with van der Waals surface area (Å²) in [5.41, 5.74) is 0.920. The number of hydrogen-bond donors (Lipinski definition) is 1. The fraction of sp³-hybridized carbons (Fsp3) is 0.316. The quantitative estimate of drug-likeness (QED) is 0.764. The molecule has 0 aliphatic carbocycles. The molecule has 0 atom stereocenters. The number of rotatable bonds is 6. The molecule has 8 heteroatoms. The number of hydrogen-bond acceptors (Lipinski definition) is 4. The molecule has 0 unspecified atom stereocenters. The number of carbonyl (C=O) groups excluding carboxylic acids is 1. The van der Waals surface area contributed by atoms with Crippen LogP contribution in [-0.4, -0.2) is 38.8 Å². The van der Waals surface area contributed by atoms with Gasteiger partial charge in [-0.1, -0.05) is 23.2 Å². The summed E-state index contributed by atoms with van der Waals surface area (Å²) in [7, 11) is 0. The van der Waals surface area contributed by atoms with Crippen molar-refractivity contribution in [1.29, 1.82) is 0 Å². The third-order valence-electron chi connectivity index (χ3n) is 4.07. The van der Waals surface area contributed by atoms with E-state index in [2.05, 4.69) is 5.32 Å². The second kappa shape index (κ2) is 9.26. The van der Waals surface area contributed by atoms with Crippen LogP contribution in [0.1, 0.15) is 6.42 Å². The summed E-state index contributed by atoms with van der Waals surface area (Å²) in [4.78, 5) is 14.0. The molecule has 0 saturated carbocycles. The van der Waals surface area contributed by atoms with Crippen molar-refractivity contribution in [3.63, 3.8) is 0 Å². The van der Waals surface area contributed by atoms with Gasteiger partial charge >= 0.3 is 0 Å². The minimum atomic E-state index is -0.373. The predicted molar refractivity (Wildman–Crippen MR) is 105 cm³/mol. The van der Waals surface area contributed by atoms with Crippen LogP contribution in [0, 0.1) is 5.82 Å². The number of anilines is 2. The molecule has 1 fully saturated rings. The number of ether oxygens (including phenoxy) is 2. The Kier molecular flexibility index (Phi) is 6.77. The van der Waals surface area contributed by atoms with Crippen LogP contribution in [0.2, 0.25) is 10.0 Å². The number of nitrogens with one attached hydrogen (secondary N) is 1. The number of nitrogens with zero attached hydrogens (tertiary/aromatic N) is 1.